The van der Waals surface area contributed by atoms with Gasteiger partial charge >= 0.3 is 0 Å². The van der Waals surface area contributed by atoms with Gasteiger partial charge in [-0.05, 0) is 31.4 Å². The van der Waals surface area contributed by atoms with Crippen LogP contribution in [-0.2, 0) is 4.74 Å². The molecule has 3 rings (SSSR count). The van der Waals surface area contributed by atoms with E-state index in [2.05, 4.69) is 32.6 Å². The van der Waals surface area contributed by atoms with Crippen molar-refractivity contribution in [3.05, 3.63) is 22.2 Å². The first-order valence-corrected chi connectivity index (χ1v) is 8.92. The normalized spacial score (nSPS) is 22.1. The van der Waals surface area contributed by atoms with Gasteiger partial charge in [-0.3, -0.25) is 0 Å². The summed E-state index contributed by atoms with van der Waals surface area (Å²) in [6.45, 7) is 2.34. The Kier molecular flexibility index (Phi) is 5.39. The lowest BCUT2D eigenvalue weighted by Crippen LogP contribution is -2.55. The van der Waals surface area contributed by atoms with Gasteiger partial charge in [0.15, 0.2) is 0 Å². The fraction of sp³-hybridized carbons (Fsp3) is 0.529. The van der Waals surface area contributed by atoms with Crippen LogP contribution in [0.5, 0.6) is 5.75 Å². The fourth-order valence-corrected chi connectivity index (χ4v) is 3.30. The molecule has 0 bridgehead atoms. The molecule has 2 aliphatic heterocycles. The number of rotatable bonds is 6. The van der Waals surface area contributed by atoms with Crippen LogP contribution in [0.3, 0.4) is 0 Å². The maximum atomic E-state index is 9.31. The monoisotopic (exact) mass is 392 g/mol. The number of hydrogen-bond donors (Lipinski definition) is 3. The molecule has 3 N–H and O–H groups in total. The molecule has 2 fully saturated rings. The van der Waals surface area contributed by atoms with Crippen molar-refractivity contribution in [2.45, 2.75) is 25.5 Å². The summed E-state index contributed by atoms with van der Waals surface area (Å²) >= 11 is 3.50. The van der Waals surface area contributed by atoms with Gasteiger partial charge < -0.3 is 25.5 Å². The van der Waals surface area contributed by atoms with E-state index in [0.29, 0.717) is 31.0 Å². The van der Waals surface area contributed by atoms with Gasteiger partial charge in [0.1, 0.15) is 24.0 Å². The molecule has 128 valence electrons. The summed E-state index contributed by atoms with van der Waals surface area (Å²) in [5.74, 6) is 0.596. The van der Waals surface area contributed by atoms with E-state index < -0.39 is 5.41 Å². The van der Waals surface area contributed by atoms with Crippen LogP contribution in [0.25, 0.3) is 0 Å². The minimum Gasteiger partial charge on any atom is -0.491 e. The molecule has 0 aliphatic carbocycles. The molecular formula is C17H21BrN4O2. The smallest absolute Gasteiger partial charge is 0.131 e. The van der Waals surface area contributed by atoms with Crippen LogP contribution >= 0.6 is 15.9 Å². The molecule has 2 aliphatic rings. The Morgan fingerprint density at radius 1 is 1.50 bits per heavy atom. The molecule has 2 heterocycles. The number of anilines is 1. The lowest BCUT2D eigenvalue weighted by molar-refractivity contribution is 0.0343. The third-order valence-corrected chi connectivity index (χ3v) is 4.87. The Morgan fingerprint density at radius 2 is 2.33 bits per heavy atom. The first-order chi connectivity index (χ1) is 11.7. The molecule has 0 aromatic heterocycles. The zero-order chi connectivity index (χ0) is 17.0. The lowest BCUT2D eigenvalue weighted by atomic mass is 9.84. The van der Waals surface area contributed by atoms with Gasteiger partial charge in [0.25, 0.3) is 0 Å². The molecule has 6 nitrogen and oxygen atoms in total. The van der Waals surface area contributed by atoms with Gasteiger partial charge in [0.2, 0.25) is 0 Å². The SMILES string of the molecule is N#CC1(COc2cc(Br)cc(NC3CCCCO3)c2C=N)CNC1. The average Bonchev–Trinajstić information content (AvgIpc) is 2.55. The fourth-order valence-electron chi connectivity index (χ4n) is 2.86. The molecule has 1 atom stereocenters. The number of ether oxygens (including phenoxy) is 2. The van der Waals surface area contributed by atoms with Crippen molar-refractivity contribution < 1.29 is 9.47 Å². The predicted octanol–water partition coefficient (Wildman–Crippen LogP) is 2.88. The number of nitriles is 1. The van der Waals surface area contributed by atoms with Gasteiger partial charge in [-0.1, -0.05) is 15.9 Å². The average molecular weight is 393 g/mol. The van der Waals surface area contributed by atoms with Gasteiger partial charge in [0, 0.05) is 36.1 Å². The van der Waals surface area contributed by atoms with Crippen molar-refractivity contribution in [1.82, 2.24) is 5.32 Å². The molecule has 24 heavy (non-hydrogen) atoms. The minimum atomic E-state index is -0.471. The van der Waals surface area contributed by atoms with Gasteiger partial charge in [-0.2, -0.15) is 5.26 Å². The van der Waals surface area contributed by atoms with Gasteiger partial charge in [0.05, 0.1) is 11.6 Å². The van der Waals surface area contributed by atoms with E-state index in [1.165, 1.54) is 6.21 Å². The third kappa shape index (κ3) is 3.72. The Labute approximate surface area is 150 Å². The zero-order valence-electron chi connectivity index (χ0n) is 13.4. The maximum absolute atomic E-state index is 9.31. The van der Waals surface area contributed by atoms with E-state index in [9.17, 15) is 5.26 Å². The van der Waals surface area contributed by atoms with E-state index >= 15 is 0 Å². The highest BCUT2D eigenvalue weighted by atomic mass is 79.9. The Bertz CT molecular complexity index is 649. The van der Waals surface area contributed by atoms with Crippen molar-refractivity contribution in [2.75, 3.05) is 31.6 Å². The van der Waals surface area contributed by atoms with E-state index in [1.807, 2.05) is 12.1 Å². The number of hydrogen-bond acceptors (Lipinski definition) is 6. The standard InChI is InChI=1S/C17H21BrN4O2/c18-12-5-14(22-16-3-1-2-4-23-16)13(7-19)15(6-12)24-11-17(8-20)9-21-10-17/h5-7,16,19,21-22H,1-4,9-11H2. The van der Waals surface area contributed by atoms with Crippen molar-refractivity contribution in [3.8, 4) is 11.8 Å². The van der Waals surface area contributed by atoms with E-state index in [1.54, 1.807) is 0 Å². The summed E-state index contributed by atoms with van der Waals surface area (Å²) in [7, 11) is 0. The van der Waals surface area contributed by atoms with Crippen LogP contribution in [0, 0.1) is 22.2 Å². The number of benzene rings is 1. The van der Waals surface area contributed by atoms with Crippen LogP contribution < -0.4 is 15.4 Å². The molecule has 0 spiro atoms. The summed E-state index contributed by atoms with van der Waals surface area (Å²) in [6, 6.07) is 6.09. The summed E-state index contributed by atoms with van der Waals surface area (Å²) in [5, 5.41) is 23.6. The Morgan fingerprint density at radius 3 is 2.92 bits per heavy atom. The molecule has 1 unspecified atom stereocenters. The van der Waals surface area contributed by atoms with Crippen LogP contribution in [0.15, 0.2) is 16.6 Å². The molecule has 1 aromatic carbocycles. The van der Waals surface area contributed by atoms with Crippen LogP contribution in [0.4, 0.5) is 5.69 Å². The lowest BCUT2D eigenvalue weighted by Gasteiger charge is -2.36. The molecule has 7 heteroatoms. The van der Waals surface area contributed by atoms with Crippen molar-refractivity contribution in [3.63, 3.8) is 0 Å². The summed E-state index contributed by atoms with van der Waals surface area (Å²) in [6.07, 6.45) is 4.41. The number of nitrogens with one attached hydrogen (secondary N) is 3. The van der Waals surface area contributed by atoms with E-state index in [4.69, 9.17) is 14.9 Å². The summed E-state index contributed by atoms with van der Waals surface area (Å²) in [4.78, 5) is 0. The molecule has 1 aromatic rings. The maximum Gasteiger partial charge on any atom is 0.131 e. The minimum absolute atomic E-state index is 0.0408. The highest BCUT2D eigenvalue weighted by molar-refractivity contribution is 9.10. The first-order valence-electron chi connectivity index (χ1n) is 8.13. The zero-order valence-corrected chi connectivity index (χ0v) is 15.0. The van der Waals surface area contributed by atoms with E-state index in [-0.39, 0.29) is 6.23 Å². The van der Waals surface area contributed by atoms with E-state index in [0.717, 1.165) is 36.0 Å². The van der Waals surface area contributed by atoms with Crippen molar-refractivity contribution >= 4 is 27.8 Å². The van der Waals surface area contributed by atoms with Crippen LogP contribution in [-0.4, -0.2) is 38.7 Å². The Hall–Kier alpha value is -1.62. The highest BCUT2D eigenvalue weighted by Crippen LogP contribution is 2.33. The topological polar surface area (TPSA) is 90.2 Å². The molecule has 0 saturated carbocycles. The largest absolute Gasteiger partial charge is 0.491 e. The highest BCUT2D eigenvalue weighted by Gasteiger charge is 2.38. The second kappa shape index (κ2) is 7.51. The number of nitrogens with zero attached hydrogens (tertiary/aromatic N) is 1. The number of halogens is 1. The predicted molar refractivity (Wildman–Crippen MR) is 95.7 cm³/mol. The first kappa shape index (κ1) is 17.2. The van der Waals surface area contributed by atoms with Crippen LogP contribution in [0.1, 0.15) is 24.8 Å². The van der Waals surface area contributed by atoms with Gasteiger partial charge in [-0.15, -0.1) is 0 Å². The molecule has 0 radical (unpaired) electrons. The second-order valence-electron chi connectivity index (χ2n) is 6.29. The van der Waals surface area contributed by atoms with Gasteiger partial charge in [-0.25, -0.2) is 0 Å². The molecular weight excluding hydrogens is 372 g/mol. The third-order valence-electron chi connectivity index (χ3n) is 4.42. The Balaban J connectivity index is 1.78. The molecule has 2 saturated heterocycles. The summed E-state index contributed by atoms with van der Waals surface area (Å²) in [5.41, 5.74) is 1.01. The second-order valence-corrected chi connectivity index (χ2v) is 7.21. The molecule has 0 amide bonds. The quantitative estimate of drug-likeness (QED) is 0.647. The van der Waals surface area contributed by atoms with Crippen LogP contribution in [0.2, 0.25) is 0 Å². The summed E-state index contributed by atoms with van der Waals surface area (Å²) < 4.78 is 12.5. The van der Waals surface area contributed by atoms with Crippen molar-refractivity contribution in [2.24, 2.45) is 5.41 Å². The van der Waals surface area contributed by atoms with Crippen molar-refractivity contribution in [1.29, 1.82) is 10.7 Å².